The maximum atomic E-state index is 11.8. The number of nitrogens with one attached hydrogen (secondary N) is 1. The van der Waals surface area contributed by atoms with E-state index in [0.29, 0.717) is 12.1 Å². The first kappa shape index (κ1) is 15.4. The molecule has 5 nitrogen and oxygen atoms in total. The van der Waals surface area contributed by atoms with E-state index in [1.807, 2.05) is 0 Å². The van der Waals surface area contributed by atoms with Crippen molar-refractivity contribution in [3.8, 4) is 0 Å². The predicted molar refractivity (Wildman–Crippen MR) is 76.2 cm³/mol. The molecule has 1 N–H and O–H groups in total. The van der Waals surface area contributed by atoms with Gasteiger partial charge in [-0.3, -0.25) is 9.59 Å². The number of amides is 1. The lowest BCUT2D eigenvalue weighted by atomic mass is 10.3. The number of hydrogen-bond donors (Lipinski definition) is 1. The lowest BCUT2D eigenvalue weighted by Crippen LogP contribution is -2.37. The molecular weight excluding hydrogens is 242 g/mol. The highest BCUT2D eigenvalue weighted by Crippen LogP contribution is 1.89. The molecule has 0 saturated carbocycles. The Kier molecular flexibility index (Phi) is 6.29. The largest absolute Gasteiger partial charge is 0.353 e. The Labute approximate surface area is 114 Å². The van der Waals surface area contributed by atoms with Crippen LogP contribution < -0.4 is 10.9 Å². The molecule has 0 aromatic carbocycles. The molecule has 106 valence electrons. The van der Waals surface area contributed by atoms with Gasteiger partial charge in [0.2, 0.25) is 5.91 Å². The second-order valence-electron chi connectivity index (χ2n) is 4.50. The van der Waals surface area contributed by atoms with Crippen LogP contribution in [0.15, 0.2) is 23.1 Å². The van der Waals surface area contributed by atoms with Crippen molar-refractivity contribution in [2.45, 2.75) is 27.3 Å². The fourth-order valence-electron chi connectivity index (χ4n) is 1.89. The Bertz CT molecular complexity index is 464. The summed E-state index contributed by atoms with van der Waals surface area (Å²) in [7, 11) is 0. The van der Waals surface area contributed by atoms with Crippen LogP contribution in [0.2, 0.25) is 0 Å². The summed E-state index contributed by atoms with van der Waals surface area (Å²) in [6.45, 7) is 9.42. The first-order chi connectivity index (χ1) is 9.08. The highest BCUT2D eigenvalue weighted by atomic mass is 16.2. The average molecular weight is 265 g/mol. The summed E-state index contributed by atoms with van der Waals surface area (Å²) in [4.78, 5) is 25.7. The molecule has 1 aromatic heterocycles. The molecule has 19 heavy (non-hydrogen) atoms. The highest BCUT2D eigenvalue weighted by Gasteiger charge is 2.05. The minimum Gasteiger partial charge on any atom is -0.353 e. The third kappa shape index (κ3) is 4.87. The smallest absolute Gasteiger partial charge is 0.253 e. The summed E-state index contributed by atoms with van der Waals surface area (Å²) in [6.07, 6.45) is 1.64. The predicted octanol–water partition coefficient (Wildman–Crippen LogP) is 0.615. The second-order valence-corrected chi connectivity index (χ2v) is 4.50. The number of aromatic nitrogens is 1. The fraction of sp³-hybridized carbons (Fsp3) is 0.571. The SMILES string of the molecule is CCN(CC)CCNC(=O)Cn1cccc(C)c1=O. The molecule has 0 bridgehead atoms. The molecule has 0 spiro atoms. The lowest BCUT2D eigenvalue weighted by molar-refractivity contribution is -0.121. The molecule has 0 fully saturated rings. The molecule has 1 rings (SSSR count). The molecule has 0 aliphatic carbocycles. The molecule has 1 amide bonds. The number of hydrogen-bond acceptors (Lipinski definition) is 3. The minimum atomic E-state index is -0.125. The van der Waals surface area contributed by atoms with Gasteiger partial charge in [0.05, 0.1) is 0 Å². The first-order valence-corrected chi connectivity index (χ1v) is 6.73. The van der Waals surface area contributed by atoms with Crippen molar-refractivity contribution in [1.29, 1.82) is 0 Å². The van der Waals surface area contributed by atoms with Crippen LogP contribution in [-0.4, -0.2) is 41.6 Å². The van der Waals surface area contributed by atoms with Crippen LogP contribution >= 0.6 is 0 Å². The molecule has 1 heterocycles. The number of nitrogens with zero attached hydrogens (tertiary/aromatic N) is 2. The zero-order chi connectivity index (χ0) is 14.3. The van der Waals surface area contributed by atoms with Crippen LogP contribution in [0.25, 0.3) is 0 Å². The summed E-state index contributed by atoms with van der Waals surface area (Å²) in [5.41, 5.74) is 0.542. The van der Waals surface area contributed by atoms with E-state index in [0.717, 1.165) is 19.6 Å². The molecule has 0 saturated heterocycles. The normalized spacial score (nSPS) is 10.7. The molecule has 0 atom stereocenters. The van der Waals surface area contributed by atoms with Crippen molar-refractivity contribution in [2.24, 2.45) is 0 Å². The van der Waals surface area contributed by atoms with Gasteiger partial charge in [0.15, 0.2) is 0 Å². The Balaban J connectivity index is 2.43. The van der Waals surface area contributed by atoms with Crippen molar-refractivity contribution in [2.75, 3.05) is 26.2 Å². The second kappa shape index (κ2) is 7.74. The Hall–Kier alpha value is -1.62. The average Bonchev–Trinajstić information content (AvgIpc) is 2.40. The topological polar surface area (TPSA) is 54.3 Å². The summed E-state index contributed by atoms with van der Waals surface area (Å²) in [6, 6.07) is 3.52. The fourth-order valence-corrected chi connectivity index (χ4v) is 1.89. The summed E-state index contributed by atoms with van der Waals surface area (Å²) >= 11 is 0. The van der Waals surface area contributed by atoms with E-state index >= 15 is 0 Å². The van der Waals surface area contributed by atoms with Gasteiger partial charge in [-0.05, 0) is 26.1 Å². The van der Waals surface area contributed by atoms with E-state index in [1.165, 1.54) is 4.57 Å². The Morgan fingerprint density at radius 2 is 2.05 bits per heavy atom. The van der Waals surface area contributed by atoms with Gasteiger partial charge in [0, 0.05) is 24.8 Å². The third-order valence-electron chi connectivity index (χ3n) is 3.17. The number of pyridine rings is 1. The quantitative estimate of drug-likeness (QED) is 0.786. The van der Waals surface area contributed by atoms with Crippen LogP contribution in [0.3, 0.4) is 0 Å². The Morgan fingerprint density at radius 1 is 1.37 bits per heavy atom. The van der Waals surface area contributed by atoms with E-state index in [9.17, 15) is 9.59 Å². The number of carbonyl (C=O) groups excluding carboxylic acids is 1. The molecule has 0 unspecified atom stereocenters. The molecule has 0 aliphatic heterocycles. The summed E-state index contributed by atoms with van der Waals surface area (Å²) < 4.78 is 1.43. The van der Waals surface area contributed by atoms with Crippen LogP contribution in [0.4, 0.5) is 0 Å². The van der Waals surface area contributed by atoms with Crippen LogP contribution in [0.5, 0.6) is 0 Å². The van der Waals surface area contributed by atoms with E-state index < -0.39 is 0 Å². The lowest BCUT2D eigenvalue weighted by Gasteiger charge is -2.18. The maximum Gasteiger partial charge on any atom is 0.253 e. The summed E-state index contributed by atoms with van der Waals surface area (Å²) in [5, 5.41) is 2.84. The van der Waals surface area contributed by atoms with Crippen molar-refractivity contribution >= 4 is 5.91 Å². The van der Waals surface area contributed by atoms with Crippen molar-refractivity contribution in [3.05, 3.63) is 34.2 Å². The van der Waals surface area contributed by atoms with Crippen LogP contribution in [-0.2, 0) is 11.3 Å². The zero-order valence-corrected chi connectivity index (χ0v) is 12.0. The summed E-state index contributed by atoms with van der Waals surface area (Å²) in [5.74, 6) is -0.125. The first-order valence-electron chi connectivity index (χ1n) is 6.73. The highest BCUT2D eigenvalue weighted by molar-refractivity contribution is 5.75. The van der Waals surface area contributed by atoms with Crippen molar-refractivity contribution in [1.82, 2.24) is 14.8 Å². The Morgan fingerprint density at radius 3 is 2.68 bits per heavy atom. The van der Waals surface area contributed by atoms with Gasteiger partial charge in [0.25, 0.3) is 5.56 Å². The number of likely N-dealkylation sites (N-methyl/N-ethyl adjacent to an activating group) is 1. The monoisotopic (exact) mass is 265 g/mol. The van der Waals surface area contributed by atoms with Crippen molar-refractivity contribution < 1.29 is 4.79 Å². The van der Waals surface area contributed by atoms with Gasteiger partial charge in [-0.1, -0.05) is 19.9 Å². The van der Waals surface area contributed by atoms with Gasteiger partial charge in [-0.2, -0.15) is 0 Å². The van der Waals surface area contributed by atoms with E-state index in [2.05, 4.69) is 24.1 Å². The van der Waals surface area contributed by atoms with Gasteiger partial charge in [0.1, 0.15) is 6.54 Å². The number of aryl methyl sites for hydroxylation is 1. The molecular formula is C14H23N3O2. The molecule has 5 heteroatoms. The molecule has 0 aliphatic rings. The number of rotatable bonds is 7. The van der Waals surface area contributed by atoms with Crippen LogP contribution in [0.1, 0.15) is 19.4 Å². The maximum absolute atomic E-state index is 11.8. The minimum absolute atomic E-state index is 0.0821. The number of carbonyl (C=O) groups is 1. The van der Waals surface area contributed by atoms with E-state index in [4.69, 9.17) is 0 Å². The molecule has 1 aromatic rings. The zero-order valence-electron chi connectivity index (χ0n) is 12.0. The standard InChI is InChI=1S/C14H23N3O2/c1-4-16(5-2)10-8-15-13(18)11-17-9-6-7-12(3)14(17)19/h6-7,9H,4-5,8,10-11H2,1-3H3,(H,15,18). The molecule has 0 radical (unpaired) electrons. The third-order valence-corrected chi connectivity index (χ3v) is 3.17. The van der Waals surface area contributed by atoms with E-state index in [1.54, 1.807) is 25.3 Å². The van der Waals surface area contributed by atoms with Crippen molar-refractivity contribution in [3.63, 3.8) is 0 Å². The van der Waals surface area contributed by atoms with Gasteiger partial charge < -0.3 is 14.8 Å². The van der Waals surface area contributed by atoms with Gasteiger partial charge in [-0.15, -0.1) is 0 Å². The van der Waals surface area contributed by atoms with E-state index in [-0.39, 0.29) is 18.0 Å². The van der Waals surface area contributed by atoms with Crippen LogP contribution in [0, 0.1) is 6.92 Å². The van der Waals surface area contributed by atoms with Gasteiger partial charge >= 0.3 is 0 Å². The van der Waals surface area contributed by atoms with Gasteiger partial charge in [-0.25, -0.2) is 0 Å².